The van der Waals surface area contributed by atoms with Crippen LogP contribution in [0.2, 0.25) is 0 Å². The SMILES string of the molecule is COc1ccnc(N2C[C@@H](O)C[C@H]2c2cccc(C(F)(F)F)c2)n1. The molecule has 2 atom stereocenters. The summed E-state index contributed by atoms with van der Waals surface area (Å²) in [5.74, 6) is 0.664. The molecule has 0 saturated carbocycles. The molecule has 0 radical (unpaired) electrons. The highest BCUT2D eigenvalue weighted by atomic mass is 19.4. The first-order chi connectivity index (χ1) is 11.4. The second-order valence-electron chi connectivity index (χ2n) is 5.58. The quantitative estimate of drug-likeness (QED) is 0.932. The minimum absolute atomic E-state index is 0.244. The molecule has 1 aromatic heterocycles. The summed E-state index contributed by atoms with van der Waals surface area (Å²) in [6.45, 7) is 0.244. The van der Waals surface area contributed by atoms with Crippen molar-refractivity contribution in [2.45, 2.75) is 24.7 Å². The van der Waals surface area contributed by atoms with E-state index in [-0.39, 0.29) is 6.54 Å². The van der Waals surface area contributed by atoms with Crippen LogP contribution in [0.25, 0.3) is 0 Å². The van der Waals surface area contributed by atoms with Crippen molar-refractivity contribution in [3.8, 4) is 5.88 Å². The van der Waals surface area contributed by atoms with E-state index < -0.39 is 23.9 Å². The molecule has 0 amide bonds. The molecule has 0 unspecified atom stereocenters. The molecule has 1 fully saturated rings. The van der Waals surface area contributed by atoms with Crippen molar-refractivity contribution in [1.82, 2.24) is 9.97 Å². The lowest BCUT2D eigenvalue weighted by atomic mass is 10.0. The number of rotatable bonds is 3. The number of aliphatic hydroxyl groups excluding tert-OH is 1. The van der Waals surface area contributed by atoms with E-state index in [1.165, 1.54) is 19.4 Å². The predicted octanol–water partition coefficient (Wildman–Crippen LogP) is 2.82. The van der Waals surface area contributed by atoms with Crippen molar-refractivity contribution in [2.75, 3.05) is 18.6 Å². The molecular weight excluding hydrogens is 323 g/mol. The average molecular weight is 339 g/mol. The molecule has 1 aliphatic rings. The number of hydrogen-bond donors (Lipinski definition) is 1. The minimum atomic E-state index is -4.41. The Morgan fingerprint density at radius 1 is 1.29 bits per heavy atom. The molecule has 128 valence electrons. The van der Waals surface area contributed by atoms with Gasteiger partial charge in [0, 0.05) is 18.8 Å². The van der Waals surface area contributed by atoms with E-state index >= 15 is 0 Å². The van der Waals surface area contributed by atoms with Gasteiger partial charge in [0.2, 0.25) is 11.8 Å². The van der Waals surface area contributed by atoms with Gasteiger partial charge in [0.25, 0.3) is 0 Å². The molecule has 2 heterocycles. The maximum absolute atomic E-state index is 12.9. The van der Waals surface area contributed by atoms with Gasteiger partial charge in [-0.15, -0.1) is 0 Å². The summed E-state index contributed by atoms with van der Waals surface area (Å²) in [6.07, 6.45) is -3.26. The van der Waals surface area contributed by atoms with Crippen LogP contribution in [0.5, 0.6) is 5.88 Å². The van der Waals surface area contributed by atoms with Crippen molar-refractivity contribution in [3.05, 3.63) is 47.7 Å². The van der Waals surface area contributed by atoms with Crippen molar-refractivity contribution in [2.24, 2.45) is 0 Å². The Morgan fingerprint density at radius 3 is 2.79 bits per heavy atom. The zero-order valence-corrected chi connectivity index (χ0v) is 12.9. The summed E-state index contributed by atoms with van der Waals surface area (Å²) in [5.41, 5.74) is -0.249. The first-order valence-electron chi connectivity index (χ1n) is 7.37. The zero-order valence-electron chi connectivity index (χ0n) is 12.9. The lowest BCUT2D eigenvalue weighted by Gasteiger charge is -2.25. The highest BCUT2D eigenvalue weighted by Crippen LogP contribution is 2.37. The average Bonchev–Trinajstić information content (AvgIpc) is 2.96. The van der Waals surface area contributed by atoms with Gasteiger partial charge in [-0.3, -0.25) is 0 Å². The number of aliphatic hydroxyl groups is 1. The number of alkyl halides is 3. The molecule has 0 spiro atoms. The summed E-state index contributed by atoms with van der Waals surface area (Å²) in [5, 5.41) is 10.00. The number of benzene rings is 1. The molecule has 2 aromatic rings. The third-order valence-corrected chi connectivity index (χ3v) is 3.96. The maximum atomic E-state index is 12.9. The smallest absolute Gasteiger partial charge is 0.416 e. The van der Waals surface area contributed by atoms with Gasteiger partial charge >= 0.3 is 6.18 Å². The van der Waals surface area contributed by atoms with Crippen LogP contribution in [0.1, 0.15) is 23.6 Å². The van der Waals surface area contributed by atoms with E-state index in [2.05, 4.69) is 9.97 Å². The second kappa shape index (κ2) is 6.27. The molecule has 3 rings (SSSR count). The maximum Gasteiger partial charge on any atom is 0.416 e. The number of hydrogen-bond acceptors (Lipinski definition) is 5. The summed E-state index contributed by atoms with van der Waals surface area (Å²) in [6, 6.07) is 6.26. The number of nitrogens with zero attached hydrogens (tertiary/aromatic N) is 3. The van der Waals surface area contributed by atoms with Gasteiger partial charge < -0.3 is 14.7 Å². The van der Waals surface area contributed by atoms with Gasteiger partial charge in [0.05, 0.1) is 24.8 Å². The summed E-state index contributed by atoms with van der Waals surface area (Å²) in [7, 11) is 1.47. The number of β-amino-alcohol motifs (C(OH)–C–C–N with tert-alkyl or cyclic N) is 1. The summed E-state index contributed by atoms with van der Waals surface area (Å²) >= 11 is 0. The van der Waals surface area contributed by atoms with Crippen LogP contribution in [-0.4, -0.2) is 34.8 Å². The predicted molar refractivity (Wildman–Crippen MR) is 80.7 cm³/mol. The number of halogens is 3. The third-order valence-electron chi connectivity index (χ3n) is 3.96. The monoisotopic (exact) mass is 339 g/mol. The first kappa shape index (κ1) is 16.5. The Morgan fingerprint density at radius 2 is 2.08 bits per heavy atom. The van der Waals surface area contributed by atoms with Gasteiger partial charge in [-0.1, -0.05) is 12.1 Å². The largest absolute Gasteiger partial charge is 0.481 e. The molecule has 1 aliphatic heterocycles. The Bertz CT molecular complexity index is 724. The number of ether oxygens (including phenoxy) is 1. The topological polar surface area (TPSA) is 58.5 Å². The molecule has 1 aromatic carbocycles. The van der Waals surface area contributed by atoms with Crippen LogP contribution in [0.3, 0.4) is 0 Å². The van der Waals surface area contributed by atoms with Crippen LogP contribution in [0, 0.1) is 0 Å². The highest BCUT2D eigenvalue weighted by Gasteiger charge is 2.36. The van der Waals surface area contributed by atoms with E-state index in [0.29, 0.717) is 23.8 Å². The van der Waals surface area contributed by atoms with Crippen molar-refractivity contribution >= 4 is 5.95 Å². The van der Waals surface area contributed by atoms with E-state index in [1.54, 1.807) is 17.0 Å². The van der Waals surface area contributed by atoms with Gasteiger partial charge in [-0.25, -0.2) is 4.98 Å². The Labute approximate surface area is 136 Å². The first-order valence-corrected chi connectivity index (χ1v) is 7.37. The molecule has 0 bridgehead atoms. The standard InChI is InChI=1S/C16H16F3N3O2/c1-24-14-5-6-20-15(21-14)22-9-12(23)8-13(22)10-3-2-4-11(7-10)16(17,18)19/h2-7,12-13,23H,8-9H2,1H3/t12-,13-/m0/s1. The molecule has 1 N–H and O–H groups in total. The Hall–Kier alpha value is -2.35. The highest BCUT2D eigenvalue weighted by molar-refractivity contribution is 5.41. The summed E-state index contributed by atoms with van der Waals surface area (Å²) < 4.78 is 43.9. The van der Waals surface area contributed by atoms with Crippen LogP contribution in [0.4, 0.5) is 19.1 Å². The molecule has 5 nitrogen and oxygen atoms in total. The Balaban J connectivity index is 1.96. The van der Waals surface area contributed by atoms with Gasteiger partial charge in [-0.05, 0) is 24.1 Å². The Kier molecular flexibility index (Phi) is 4.31. The van der Waals surface area contributed by atoms with E-state index in [1.807, 2.05) is 0 Å². The third kappa shape index (κ3) is 3.28. The number of methoxy groups -OCH3 is 1. The molecule has 1 saturated heterocycles. The molecular formula is C16H16F3N3O2. The van der Waals surface area contributed by atoms with E-state index in [0.717, 1.165) is 12.1 Å². The summed E-state index contributed by atoms with van der Waals surface area (Å²) in [4.78, 5) is 10.1. The van der Waals surface area contributed by atoms with Crippen molar-refractivity contribution in [1.29, 1.82) is 0 Å². The minimum Gasteiger partial charge on any atom is -0.481 e. The molecule has 24 heavy (non-hydrogen) atoms. The van der Waals surface area contributed by atoms with E-state index in [4.69, 9.17) is 4.74 Å². The fraction of sp³-hybridized carbons (Fsp3) is 0.375. The normalized spacial score (nSPS) is 21.1. The number of anilines is 1. The van der Waals surface area contributed by atoms with Gasteiger partial charge in [0.15, 0.2) is 0 Å². The number of aromatic nitrogens is 2. The van der Waals surface area contributed by atoms with Crippen molar-refractivity contribution < 1.29 is 23.0 Å². The van der Waals surface area contributed by atoms with Crippen LogP contribution < -0.4 is 9.64 Å². The van der Waals surface area contributed by atoms with Crippen molar-refractivity contribution in [3.63, 3.8) is 0 Å². The van der Waals surface area contributed by atoms with E-state index in [9.17, 15) is 18.3 Å². The van der Waals surface area contributed by atoms with Gasteiger partial charge in [0.1, 0.15) is 0 Å². The molecule has 8 heteroatoms. The fourth-order valence-corrected chi connectivity index (χ4v) is 2.86. The zero-order chi connectivity index (χ0) is 17.3. The lowest BCUT2D eigenvalue weighted by Crippen LogP contribution is -2.26. The fourth-order valence-electron chi connectivity index (χ4n) is 2.86. The van der Waals surface area contributed by atoms with Crippen LogP contribution >= 0.6 is 0 Å². The van der Waals surface area contributed by atoms with Crippen LogP contribution in [-0.2, 0) is 6.18 Å². The molecule has 0 aliphatic carbocycles. The van der Waals surface area contributed by atoms with Gasteiger partial charge in [-0.2, -0.15) is 18.2 Å². The second-order valence-corrected chi connectivity index (χ2v) is 5.58. The lowest BCUT2D eigenvalue weighted by molar-refractivity contribution is -0.137. The van der Waals surface area contributed by atoms with Crippen LogP contribution in [0.15, 0.2) is 36.5 Å².